The van der Waals surface area contributed by atoms with Crippen molar-refractivity contribution in [3.8, 4) is 0 Å². The lowest BCUT2D eigenvalue weighted by atomic mass is 10.1. The number of hydrogen-bond acceptors (Lipinski definition) is 4. The van der Waals surface area contributed by atoms with E-state index in [-0.39, 0.29) is 11.1 Å². The molecule has 21 heavy (non-hydrogen) atoms. The number of ketones is 1. The van der Waals surface area contributed by atoms with Crippen LogP contribution in [0.5, 0.6) is 0 Å². The number of allylic oxidation sites excluding steroid dienone is 1. The topological polar surface area (TPSA) is 47.6 Å². The van der Waals surface area contributed by atoms with Gasteiger partial charge in [0.2, 0.25) is 5.79 Å². The fraction of sp³-hybridized carbons (Fsp3) is 0.400. The molecule has 0 radical (unpaired) electrons. The van der Waals surface area contributed by atoms with Crippen LogP contribution in [0.3, 0.4) is 0 Å². The Morgan fingerprint density at radius 2 is 1.81 bits per heavy atom. The normalized spacial score (nSPS) is 22.5. The van der Waals surface area contributed by atoms with Gasteiger partial charge in [-0.1, -0.05) is 41.9 Å². The summed E-state index contributed by atoms with van der Waals surface area (Å²) in [7, 11) is 2.85. The highest BCUT2D eigenvalue weighted by Crippen LogP contribution is 2.41. The summed E-state index contributed by atoms with van der Waals surface area (Å²) in [6.45, 7) is 1.95. The number of halogens is 2. The average molecular weight is 330 g/mol. The number of Topliss-reactive ketones (excluding diaryl/α,β-unsaturated/α-hetero) is 1. The van der Waals surface area contributed by atoms with Crippen molar-refractivity contribution in [1.29, 1.82) is 0 Å². The number of carbonyl (C=O) groups excluding carboxylic acids is 1. The molecule has 114 valence electrons. The first-order valence-corrected chi connectivity index (χ1v) is 7.29. The molecule has 1 aromatic rings. The molecule has 0 amide bonds. The van der Waals surface area contributed by atoms with Crippen LogP contribution in [0.15, 0.2) is 41.1 Å². The molecule has 0 spiro atoms. The van der Waals surface area contributed by atoms with Crippen LogP contribution in [0.1, 0.15) is 18.5 Å². The van der Waals surface area contributed by atoms with Crippen LogP contribution >= 0.6 is 23.2 Å². The molecule has 2 unspecified atom stereocenters. The van der Waals surface area contributed by atoms with E-state index in [1.54, 1.807) is 0 Å². The highest BCUT2D eigenvalue weighted by Gasteiger charge is 2.55. The van der Waals surface area contributed by atoms with Gasteiger partial charge in [-0.25, -0.2) is 0 Å². The van der Waals surface area contributed by atoms with Crippen molar-refractivity contribution in [3.63, 3.8) is 0 Å². The third-order valence-corrected chi connectivity index (χ3v) is 4.48. The average Bonchev–Trinajstić information content (AvgIpc) is 2.70. The van der Waals surface area contributed by atoms with Crippen molar-refractivity contribution in [2.24, 2.45) is 0 Å². The van der Waals surface area contributed by atoms with Crippen LogP contribution in [0.2, 0.25) is 0 Å². The molecule has 0 fully saturated rings. The van der Waals surface area contributed by atoms with Gasteiger partial charge in [0.15, 0.2) is 11.2 Å². The Morgan fingerprint density at radius 1 is 1.24 bits per heavy atom. The SMILES string of the molecule is COC1(OC)C(NC(C)c2ccccc2)=C(Cl)C(=O)C1Cl. The number of methoxy groups -OCH3 is 2. The summed E-state index contributed by atoms with van der Waals surface area (Å²) in [4.78, 5) is 12.0. The molecular formula is C15H17Cl2NO3. The molecule has 0 bridgehead atoms. The maximum atomic E-state index is 12.0. The Bertz CT molecular complexity index is 555. The zero-order chi connectivity index (χ0) is 15.6. The lowest BCUT2D eigenvalue weighted by molar-refractivity contribution is -0.179. The molecule has 1 aromatic carbocycles. The third-order valence-electron chi connectivity index (χ3n) is 3.62. The van der Waals surface area contributed by atoms with E-state index in [4.69, 9.17) is 32.7 Å². The molecule has 2 rings (SSSR count). The molecule has 6 heteroatoms. The maximum Gasteiger partial charge on any atom is 0.235 e. The van der Waals surface area contributed by atoms with E-state index < -0.39 is 16.9 Å². The van der Waals surface area contributed by atoms with Crippen molar-refractivity contribution < 1.29 is 14.3 Å². The second-order valence-corrected chi connectivity index (χ2v) is 5.58. The molecule has 1 N–H and O–H groups in total. The van der Waals surface area contributed by atoms with E-state index in [0.29, 0.717) is 5.70 Å². The Labute approximate surface area is 134 Å². The second kappa shape index (κ2) is 6.36. The van der Waals surface area contributed by atoms with Gasteiger partial charge in [0.1, 0.15) is 5.03 Å². The number of rotatable bonds is 5. The first-order valence-electron chi connectivity index (χ1n) is 6.48. The highest BCUT2D eigenvalue weighted by atomic mass is 35.5. The largest absolute Gasteiger partial charge is 0.376 e. The molecule has 0 saturated heterocycles. The first-order chi connectivity index (χ1) is 9.97. The number of hydrogen-bond donors (Lipinski definition) is 1. The van der Waals surface area contributed by atoms with Gasteiger partial charge < -0.3 is 14.8 Å². The number of carbonyl (C=O) groups is 1. The van der Waals surface area contributed by atoms with Gasteiger partial charge in [0.05, 0.1) is 5.70 Å². The Balaban J connectivity index is 2.34. The fourth-order valence-corrected chi connectivity index (χ4v) is 3.13. The predicted octanol–water partition coefficient (Wildman–Crippen LogP) is 2.97. The van der Waals surface area contributed by atoms with Gasteiger partial charge in [-0.15, -0.1) is 11.6 Å². The predicted molar refractivity (Wildman–Crippen MR) is 82.3 cm³/mol. The molecule has 1 aliphatic rings. The van der Waals surface area contributed by atoms with E-state index >= 15 is 0 Å². The third kappa shape index (κ3) is 2.69. The van der Waals surface area contributed by atoms with Crippen LogP contribution in [-0.4, -0.2) is 31.2 Å². The minimum atomic E-state index is -1.39. The summed E-state index contributed by atoms with van der Waals surface area (Å²) < 4.78 is 10.7. The standard InChI is InChI=1S/C15H17Cl2NO3/c1-9(10-7-5-4-6-8-10)18-14-11(16)12(19)13(17)15(14,20-2)21-3/h4-9,13,18H,1-3H3. The number of nitrogens with one attached hydrogen (secondary N) is 1. The van der Waals surface area contributed by atoms with Crippen LogP contribution in [0, 0.1) is 0 Å². The molecule has 0 aromatic heterocycles. The molecule has 0 heterocycles. The molecule has 4 nitrogen and oxygen atoms in total. The molecule has 2 atom stereocenters. The highest BCUT2D eigenvalue weighted by molar-refractivity contribution is 6.50. The quantitative estimate of drug-likeness (QED) is 0.666. The molecular weight excluding hydrogens is 313 g/mol. The maximum absolute atomic E-state index is 12.0. The zero-order valence-electron chi connectivity index (χ0n) is 12.0. The Morgan fingerprint density at radius 3 is 2.33 bits per heavy atom. The van der Waals surface area contributed by atoms with Crippen molar-refractivity contribution in [2.75, 3.05) is 14.2 Å². The van der Waals surface area contributed by atoms with Gasteiger partial charge in [0, 0.05) is 20.3 Å². The summed E-state index contributed by atoms with van der Waals surface area (Å²) in [5.74, 6) is -1.80. The molecule has 0 aliphatic heterocycles. The lowest BCUT2D eigenvalue weighted by Crippen LogP contribution is -2.47. The second-order valence-electron chi connectivity index (χ2n) is 4.77. The summed E-state index contributed by atoms with van der Waals surface area (Å²) >= 11 is 12.3. The van der Waals surface area contributed by atoms with E-state index in [2.05, 4.69) is 5.32 Å². The minimum Gasteiger partial charge on any atom is -0.376 e. The summed E-state index contributed by atoms with van der Waals surface area (Å²) in [5, 5.41) is 2.18. The summed E-state index contributed by atoms with van der Waals surface area (Å²) in [5.41, 5.74) is 1.40. The van der Waals surface area contributed by atoms with Crippen molar-refractivity contribution >= 4 is 29.0 Å². The summed E-state index contributed by atoms with van der Waals surface area (Å²) in [6, 6.07) is 9.67. The molecule has 1 aliphatic carbocycles. The van der Waals surface area contributed by atoms with Crippen molar-refractivity contribution in [1.82, 2.24) is 5.32 Å². The number of alkyl halides is 1. The first kappa shape index (κ1) is 16.3. The van der Waals surface area contributed by atoms with Gasteiger partial charge in [-0.2, -0.15) is 0 Å². The van der Waals surface area contributed by atoms with Gasteiger partial charge in [-0.3, -0.25) is 4.79 Å². The van der Waals surface area contributed by atoms with Crippen LogP contribution < -0.4 is 5.32 Å². The molecule has 0 saturated carbocycles. The van der Waals surface area contributed by atoms with Crippen LogP contribution in [-0.2, 0) is 14.3 Å². The van der Waals surface area contributed by atoms with Gasteiger partial charge in [-0.05, 0) is 12.5 Å². The zero-order valence-corrected chi connectivity index (χ0v) is 13.5. The summed E-state index contributed by atoms with van der Waals surface area (Å²) in [6.07, 6.45) is 0. The Hall–Kier alpha value is -1.07. The Kier molecular flexibility index (Phi) is 4.94. The van der Waals surface area contributed by atoms with E-state index in [0.717, 1.165) is 5.56 Å². The minimum absolute atomic E-state index is 0.0153. The lowest BCUT2D eigenvalue weighted by Gasteiger charge is -2.33. The number of ether oxygens (including phenoxy) is 2. The van der Waals surface area contributed by atoms with Crippen molar-refractivity contribution in [2.45, 2.75) is 24.1 Å². The smallest absolute Gasteiger partial charge is 0.235 e. The van der Waals surface area contributed by atoms with E-state index in [9.17, 15) is 4.79 Å². The monoisotopic (exact) mass is 329 g/mol. The number of benzene rings is 1. The van der Waals surface area contributed by atoms with Crippen molar-refractivity contribution in [3.05, 3.63) is 46.6 Å². The van der Waals surface area contributed by atoms with Gasteiger partial charge >= 0.3 is 0 Å². The van der Waals surface area contributed by atoms with Crippen LogP contribution in [0.25, 0.3) is 0 Å². The van der Waals surface area contributed by atoms with E-state index in [1.165, 1.54) is 14.2 Å². The fourth-order valence-electron chi connectivity index (χ4n) is 2.39. The van der Waals surface area contributed by atoms with E-state index in [1.807, 2.05) is 37.3 Å². The van der Waals surface area contributed by atoms with Crippen LogP contribution in [0.4, 0.5) is 0 Å². The van der Waals surface area contributed by atoms with Gasteiger partial charge in [0.25, 0.3) is 0 Å².